The van der Waals surface area contributed by atoms with Crippen molar-refractivity contribution in [3.63, 3.8) is 0 Å². The molecular weight excluding hydrogens is 402 g/mol. The number of halogens is 6. The van der Waals surface area contributed by atoms with Gasteiger partial charge in [-0.2, -0.15) is 41.2 Å². The van der Waals surface area contributed by atoms with Crippen molar-refractivity contribution in [1.82, 2.24) is 14.6 Å². The number of benzene rings is 1. The third kappa shape index (κ3) is 3.57. The molecule has 2 heterocycles. The molecule has 5 nitrogen and oxygen atoms in total. The molecule has 3 rings (SSSR count). The van der Waals surface area contributed by atoms with Gasteiger partial charge in [0.05, 0.1) is 23.0 Å². The molecule has 0 unspecified atom stereocenters. The minimum atomic E-state index is -5.03. The molecule has 3 aromatic rings. The van der Waals surface area contributed by atoms with Gasteiger partial charge in [0, 0.05) is 5.56 Å². The number of hydrogen-bond acceptors (Lipinski definition) is 3. The Bertz CT molecular complexity index is 1160. The van der Waals surface area contributed by atoms with E-state index in [1.165, 1.54) is 0 Å². The first-order valence-corrected chi connectivity index (χ1v) is 8.18. The molecule has 0 spiro atoms. The predicted molar refractivity (Wildman–Crippen MR) is 90.1 cm³/mol. The lowest BCUT2D eigenvalue weighted by Crippen LogP contribution is -2.23. The Morgan fingerprint density at radius 1 is 1.07 bits per heavy atom. The maximum atomic E-state index is 13.2. The van der Waals surface area contributed by atoms with E-state index in [1.54, 1.807) is 19.9 Å². The molecule has 0 aliphatic heterocycles. The van der Waals surface area contributed by atoms with Crippen molar-refractivity contribution < 1.29 is 26.3 Å². The Kier molecular flexibility index (Phi) is 4.69. The van der Waals surface area contributed by atoms with Crippen LogP contribution in [0.25, 0.3) is 16.9 Å². The van der Waals surface area contributed by atoms with Gasteiger partial charge in [0.15, 0.2) is 5.65 Å². The van der Waals surface area contributed by atoms with Crippen LogP contribution in [0.3, 0.4) is 0 Å². The molecule has 0 bridgehead atoms. The standard InChI is InChI=1S/C18H12F6N4O/c1-8(2)13-14(27-15-10(6-25)7-26-28(15)16(13)29)9-3-11(17(19,20)21)5-12(4-9)18(22,23)24/h3-5,7-8,27H,1-2H3. The van der Waals surface area contributed by atoms with Crippen LogP contribution in [0, 0.1) is 11.3 Å². The van der Waals surface area contributed by atoms with E-state index < -0.39 is 40.5 Å². The number of alkyl halides is 6. The van der Waals surface area contributed by atoms with E-state index in [1.807, 2.05) is 0 Å². The van der Waals surface area contributed by atoms with Crippen LogP contribution in [-0.2, 0) is 12.4 Å². The lowest BCUT2D eigenvalue weighted by atomic mass is 9.95. The summed E-state index contributed by atoms with van der Waals surface area (Å²) >= 11 is 0. The summed E-state index contributed by atoms with van der Waals surface area (Å²) in [5.74, 6) is -0.559. The highest BCUT2D eigenvalue weighted by atomic mass is 19.4. The summed E-state index contributed by atoms with van der Waals surface area (Å²) in [6.07, 6.45) is -8.99. The molecule has 0 fully saturated rings. The SMILES string of the molecule is CC(C)c1c(-c2cc(C(F)(F)F)cc(C(F)(F)F)c2)[nH]c2c(C#N)cnn2c1=O. The normalized spacial score (nSPS) is 12.6. The molecule has 1 aromatic carbocycles. The first-order valence-electron chi connectivity index (χ1n) is 8.18. The second kappa shape index (κ2) is 6.65. The smallest absolute Gasteiger partial charge is 0.338 e. The number of nitrogens with one attached hydrogen (secondary N) is 1. The van der Waals surface area contributed by atoms with Crippen molar-refractivity contribution >= 4 is 5.65 Å². The van der Waals surface area contributed by atoms with Gasteiger partial charge >= 0.3 is 12.4 Å². The Balaban J connectivity index is 2.45. The second-order valence-corrected chi connectivity index (χ2v) is 6.60. The first kappa shape index (κ1) is 20.4. The number of rotatable bonds is 2. The van der Waals surface area contributed by atoms with Crippen LogP contribution < -0.4 is 5.56 Å². The van der Waals surface area contributed by atoms with Crippen molar-refractivity contribution in [3.8, 4) is 17.3 Å². The Hall–Kier alpha value is -3.29. The minimum Gasteiger partial charge on any atom is -0.338 e. The Morgan fingerprint density at radius 2 is 1.62 bits per heavy atom. The number of aromatic nitrogens is 3. The summed E-state index contributed by atoms with van der Waals surface area (Å²) in [7, 11) is 0. The molecule has 0 saturated heterocycles. The van der Waals surface area contributed by atoms with Gasteiger partial charge < -0.3 is 4.98 Å². The fourth-order valence-corrected chi connectivity index (χ4v) is 2.97. The van der Waals surface area contributed by atoms with Crippen LogP contribution >= 0.6 is 0 Å². The molecule has 0 radical (unpaired) electrons. The summed E-state index contributed by atoms with van der Waals surface area (Å²) in [6.45, 7) is 3.12. The van der Waals surface area contributed by atoms with Gasteiger partial charge in [-0.15, -0.1) is 0 Å². The molecule has 0 atom stereocenters. The van der Waals surface area contributed by atoms with Crippen LogP contribution in [0.2, 0.25) is 0 Å². The summed E-state index contributed by atoms with van der Waals surface area (Å²) in [5, 5.41) is 12.9. The number of nitrogens with zero attached hydrogens (tertiary/aromatic N) is 3. The molecule has 11 heteroatoms. The van der Waals surface area contributed by atoms with E-state index in [2.05, 4.69) is 10.1 Å². The topological polar surface area (TPSA) is 73.9 Å². The highest BCUT2D eigenvalue weighted by molar-refractivity contribution is 5.69. The van der Waals surface area contributed by atoms with Gasteiger partial charge in [0.2, 0.25) is 0 Å². The van der Waals surface area contributed by atoms with Crippen molar-refractivity contribution in [2.75, 3.05) is 0 Å². The van der Waals surface area contributed by atoms with Gasteiger partial charge in [-0.05, 0) is 29.7 Å². The van der Waals surface area contributed by atoms with E-state index in [-0.39, 0.29) is 28.5 Å². The zero-order valence-electron chi connectivity index (χ0n) is 14.9. The lowest BCUT2D eigenvalue weighted by Gasteiger charge is -2.17. The van der Waals surface area contributed by atoms with Gasteiger partial charge in [-0.1, -0.05) is 13.8 Å². The van der Waals surface area contributed by atoms with E-state index >= 15 is 0 Å². The highest BCUT2D eigenvalue weighted by Gasteiger charge is 2.37. The molecule has 29 heavy (non-hydrogen) atoms. The van der Waals surface area contributed by atoms with Gasteiger partial charge in [0.1, 0.15) is 11.6 Å². The lowest BCUT2D eigenvalue weighted by molar-refractivity contribution is -0.143. The van der Waals surface area contributed by atoms with E-state index in [0.29, 0.717) is 12.1 Å². The fourth-order valence-electron chi connectivity index (χ4n) is 2.97. The molecule has 0 saturated carbocycles. The van der Waals surface area contributed by atoms with Crippen molar-refractivity contribution in [3.05, 3.63) is 57.0 Å². The molecule has 1 N–H and O–H groups in total. The average molecular weight is 414 g/mol. The predicted octanol–water partition coefficient (Wildman–Crippen LogP) is 4.72. The molecular formula is C18H12F6N4O. The Labute approximate surface area is 159 Å². The van der Waals surface area contributed by atoms with Crippen LogP contribution in [0.5, 0.6) is 0 Å². The van der Waals surface area contributed by atoms with Crippen LogP contribution in [-0.4, -0.2) is 14.6 Å². The Morgan fingerprint density at radius 3 is 2.07 bits per heavy atom. The molecule has 0 amide bonds. The number of hydrogen-bond donors (Lipinski definition) is 1. The maximum Gasteiger partial charge on any atom is 0.416 e. The van der Waals surface area contributed by atoms with Gasteiger partial charge in [-0.25, -0.2) is 0 Å². The summed E-state index contributed by atoms with van der Waals surface area (Å²) in [5.41, 5.74) is -4.72. The zero-order valence-corrected chi connectivity index (χ0v) is 14.9. The van der Waals surface area contributed by atoms with Crippen molar-refractivity contribution in [2.24, 2.45) is 0 Å². The first-order chi connectivity index (χ1) is 13.3. The zero-order chi connectivity index (χ0) is 21.7. The van der Waals surface area contributed by atoms with Gasteiger partial charge in [0.25, 0.3) is 5.56 Å². The molecule has 0 aliphatic carbocycles. The number of H-pyrrole nitrogens is 1. The second-order valence-electron chi connectivity index (χ2n) is 6.60. The highest BCUT2D eigenvalue weighted by Crippen LogP contribution is 2.39. The third-order valence-corrected chi connectivity index (χ3v) is 4.28. The molecule has 0 aliphatic rings. The van der Waals surface area contributed by atoms with Gasteiger partial charge in [-0.3, -0.25) is 4.79 Å². The quantitative estimate of drug-likeness (QED) is 0.617. The van der Waals surface area contributed by atoms with Crippen molar-refractivity contribution in [1.29, 1.82) is 5.26 Å². The van der Waals surface area contributed by atoms with E-state index in [9.17, 15) is 31.1 Å². The fraction of sp³-hybridized carbons (Fsp3) is 0.278. The van der Waals surface area contributed by atoms with Crippen LogP contribution in [0.4, 0.5) is 26.3 Å². The van der Waals surface area contributed by atoms with Crippen molar-refractivity contribution in [2.45, 2.75) is 32.1 Å². The maximum absolute atomic E-state index is 13.2. The summed E-state index contributed by atoms with van der Waals surface area (Å²) in [4.78, 5) is 15.4. The summed E-state index contributed by atoms with van der Waals surface area (Å²) < 4.78 is 80.2. The third-order valence-electron chi connectivity index (χ3n) is 4.28. The van der Waals surface area contributed by atoms with E-state index in [0.717, 1.165) is 10.7 Å². The number of fused-ring (bicyclic) bond motifs is 1. The number of nitriles is 1. The molecule has 2 aromatic heterocycles. The average Bonchev–Trinajstić information content (AvgIpc) is 3.02. The number of aromatic amines is 1. The molecule has 152 valence electrons. The van der Waals surface area contributed by atoms with Crippen LogP contribution in [0.1, 0.15) is 42.0 Å². The largest absolute Gasteiger partial charge is 0.416 e. The summed E-state index contributed by atoms with van der Waals surface area (Å²) in [6, 6.07) is 2.84. The monoisotopic (exact) mass is 414 g/mol. The van der Waals surface area contributed by atoms with E-state index in [4.69, 9.17) is 5.26 Å². The minimum absolute atomic E-state index is 0.00865. The van der Waals surface area contributed by atoms with Crippen LogP contribution in [0.15, 0.2) is 29.2 Å².